The maximum absolute atomic E-state index is 9.15. The number of halogens is 1. The van der Waals surface area contributed by atoms with Crippen LogP contribution in [-0.4, -0.2) is 7.11 Å². The Morgan fingerprint density at radius 3 is 2.56 bits per heavy atom. The molecule has 86 valence electrons. The van der Waals surface area contributed by atoms with E-state index in [-0.39, 0.29) is 5.92 Å². The van der Waals surface area contributed by atoms with E-state index in [1.54, 1.807) is 7.11 Å². The van der Waals surface area contributed by atoms with Gasteiger partial charge in [-0.05, 0) is 46.0 Å². The molecule has 1 atom stereocenters. The van der Waals surface area contributed by atoms with Gasteiger partial charge in [0.25, 0.3) is 0 Å². The van der Waals surface area contributed by atoms with Crippen LogP contribution in [0.5, 0.6) is 5.75 Å². The molecule has 16 heavy (non-hydrogen) atoms. The molecule has 0 saturated heterocycles. The highest BCUT2D eigenvalue weighted by Gasteiger charge is 2.14. The minimum absolute atomic E-state index is 0.0396. The molecule has 1 unspecified atom stereocenters. The molecule has 0 radical (unpaired) electrons. The molecule has 0 heterocycles. The van der Waals surface area contributed by atoms with Gasteiger partial charge >= 0.3 is 0 Å². The average Bonchev–Trinajstić information content (AvgIpc) is 2.25. The highest BCUT2D eigenvalue weighted by atomic mass is 79.9. The fraction of sp³-hybridized carbons (Fsp3) is 0.462. The van der Waals surface area contributed by atoms with E-state index in [4.69, 9.17) is 10.00 Å². The lowest BCUT2D eigenvalue weighted by molar-refractivity contribution is 0.412. The van der Waals surface area contributed by atoms with Crippen LogP contribution in [0.1, 0.15) is 31.7 Å². The summed E-state index contributed by atoms with van der Waals surface area (Å²) in [6.45, 7) is 4.26. The zero-order valence-electron chi connectivity index (χ0n) is 9.83. The summed E-state index contributed by atoms with van der Waals surface area (Å²) >= 11 is 3.44. The first-order valence-electron chi connectivity index (χ1n) is 5.31. The van der Waals surface area contributed by atoms with E-state index in [0.717, 1.165) is 22.2 Å². The van der Waals surface area contributed by atoms with Crippen molar-refractivity contribution >= 4 is 15.9 Å². The lowest BCUT2D eigenvalue weighted by atomic mass is 9.91. The van der Waals surface area contributed by atoms with E-state index in [2.05, 4.69) is 35.8 Å². The van der Waals surface area contributed by atoms with Gasteiger partial charge in [-0.3, -0.25) is 0 Å². The molecule has 0 aliphatic rings. The van der Waals surface area contributed by atoms with E-state index in [1.807, 2.05) is 18.2 Å². The van der Waals surface area contributed by atoms with E-state index >= 15 is 0 Å². The molecule has 0 saturated carbocycles. The Labute approximate surface area is 105 Å². The molecule has 0 amide bonds. The third kappa shape index (κ3) is 3.24. The number of ether oxygens (including phenoxy) is 1. The second-order valence-corrected chi connectivity index (χ2v) is 5.06. The second kappa shape index (κ2) is 5.91. The summed E-state index contributed by atoms with van der Waals surface area (Å²) in [5.74, 6) is 1.28. The largest absolute Gasteiger partial charge is 0.496 e. The zero-order chi connectivity index (χ0) is 12.1. The van der Waals surface area contributed by atoms with Crippen LogP contribution in [0.3, 0.4) is 0 Å². The van der Waals surface area contributed by atoms with Crippen LogP contribution >= 0.6 is 15.9 Å². The van der Waals surface area contributed by atoms with Crippen LogP contribution < -0.4 is 4.74 Å². The molecule has 0 aliphatic heterocycles. The molecule has 0 N–H and O–H groups in total. The molecule has 0 bridgehead atoms. The highest BCUT2D eigenvalue weighted by Crippen LogP contribution is 2.30. The Morgan fingerprint density at radius 2 is 2.12 bits per heavy atom. The van der Waals surface area contributed by atoms with Crippen molar-refractivity contribution in [1.82, 2.24) is 0 Å². The topological polar surface area (TPSA) is 33.0 Å². The predicted octanol–water partition coefficient (Wildman–Crippen LogP) is 4.11. The number of benzene rings is 1. The molecule has 1 aromatic carbocycles. The maximum Gasteiger partial charge on any atom is 0.133 e. The van der Waals surface area contributed by atoms with Crippen LogP contribution in [0.15, 0.2) is 22.7 Å². The molecular formula is C13H16BrNO. The molecule has 0 aromatic heterocycles. The highest BCUT2D eigenvalue weighted by molar-refractivity contribution is 9.10. The molecule has 3 heteroatoms. The fourth-order valence-electron chi connectivity index (χ4n) is 1.63. The van der Waals surface area contributed by atoms with Gasteiger partial charge < -0.3 is 4.74 Å². The number of hydrogen-bond acceptors (Lipinski definition) is 2. The van der Waals surface area contributed by atoms with Gasteiger partial charge in [-0.1, -0.05) is 19.9 Å². The van der Waals surface area contributed by atoms with E-state index in [1.165, 1.54) is 0 Å². The van der Waals surface area contributed by atoms with E-state index < -0.39 is 0 Å². The molecule has 1 aromatic rings. The number of nitrogens with zero attached hydrogens (tertiary/aromatic N) is 1. The van der Waals surface area contributed by atoms with Crippen LogP contribution in [0.25, 0.3) is 0 Å². The van der Waals surface area contributed by atoms with Crippen molar-refractivity contribution in [2.24, 2.45) is 5.92 Å². The van der Waals surface area contributed by atoms with Crippen molar-refractivity contribution in [3.05, 3.63) is 28.2 Å². The summed E-state index contributed by atoms with van der Waals surface area (Å²) in [5, 5.41) is 9.15. The summed E-state index contributed by atoms with van der Waals surface area (Å²) in [6, 6.07) is 8.17. The van der Waals surface area contributed by atoms with Gasteiger partial charge in [-0.15, -0.1) is 0 Å². The van der Waals surface area contributed by atoms with Crippen LogP contribution in [0.4, 0.5) is 0 Å². The number of nitriles is 1. The van der Waals surface area contributed by atoms with Crippen LogP contribution in [0.2, 0.25) is 0 Å². The summed E-state index contributed by atoms with van der Waals surface area (Å²) in [7, 11) is 1.63. The second-order valence-electron chi connectivity index (χ2n) is 4.21. The van der Waals surface area contributed by atoms with Crippen molar-refractivity contribution in [3.8, 4) is 11.8 Å². The standard InChI is InChI=1S/C13H16BrNO/c1-9(2)6-11(8-15)10-4-5-13(16-3)12(14)7-10/h4-5,7,9,11H,6H2,1-3H3. The van der Waals surface area contributed by atoms with Crippen molar-refractivity contribution in [3.63, 3.8) is 0 Å². The fourth-order valence-corrected chi connectivity index (χ4v) is 2.19. The molecule has 0 spiro atoms. The number of rotatable bonds is 4. The summed E-state index contributed by atoms with van der Waals surface area (Å²) in [5.41, 5.74) is 1.05. The van der Waals surface area contributed by atoms with Gasteiger partial charge in [0.2, 0.25) is 0 Å². The lowest BCUT2D eigenvalue weighted by Crippen LogP contribution is -2.01. The Bertz CT molecular complexity index is 395. The Morgan fingerprint density at radius 1 is 1.44 bits per heavy atom. The monoisotopic (exact) mass is 281 g/mol. The maximum atomic E-state index is 9.15. The molecule has 0 aliphatic carbocycles. The van der Waals surface area contributed by atoms with Gasteiger partial charge in [0.1, 0.15) is 5.75 Å². The zero-order valence-corrected chi connectivity index (χ0v) is 11.4. The van der Waals surface area contributed by atoms with Crippen molar-refractivity contribution in [2.75, 3.05) is 7.11 Å². The predicted molar refractivity (Wildman–Crippen MR) is 68.5 cm³/mol. The summed E-state index contributed by atoms with van der Waals surface area (Å²) < 4.78 is 6.06. The van der Waals surface area contributed by atoms with Gasteiger partial charge in [0.05, 0.1) is 23.6 Å². The first kappa shape index (κ1) is 13.1. The average molecular weight is 282 g/mol. The molecule has 2 nitrogen and oxygen atoms in total. The normalized spacial score (nSPS) is 12.2. The van der Waals surface area contributed by atoms with Crippen molar-refractivity contribution in [1.29, 1.82) is 5.26 Å². The SMILES string of the molecule is COc1ccc(C(C#N)CC(C)C)cc1Br. The number of hydrogen-bond donors (Lipinski definition) is 0. The first-order valence-corrected chi connectivity index (χ1v) is 6.10. The van der Waals surface area contributed by atoms with Crippen molar-refractivity contribution in [2.45, 2.75) is 26.2 Å². The Balaban J connectivity index is 2.95. The summed E-state index contributed by atoms with van der Waals surface area (Å²) in [6.07, 6.45) is 0.884. The Hall–Kier alpha value is -1.01. The lowest BCUT2D eigenvalue weighted by Gasteiger charge is -2.13. The molecule has 1 rings (SSSR count). The Kier molecular flexibility index (Phi) is 4.82. The first-order chi connectivity index (χ1) is 7.58. The smallest absolute Gasteiger partial charge is 0.133 e. The van der Waals surface area contributed by atoms with Gasteiger partial charge in [0.15, 0.2) is 0 Å². The van der Waals surface area contributed by atoms with Crippen molar-refractivity contribution < 1.29 is 4.74 Å². The van der Waals surface area contributed by atoms with Crippen LogP contribution in [-0.2, 0) is 0 Å². The van der Waals surface area contributed by atoms with Gasteiger partial charge in [-0.25, -0.2) is 0 Å². The molecule has 0 fully saturated rings. The third-order valence-electron chi connectivity index (χ3n) is 2.44. The summed E-state index contributed by atoms with van der Waals surface area (Å²) in [4.78, 5) is 0. The van der Waals surface area contributed by atoms with Gasteiger partial charge in [-0.2, -0.15) is 5.26 Å². The molecular weight excluding hydrogens is 266 g/mol. The van der Waals surface area contributed by atoms with E-state index in [0.29, 0.717) is 5.92 Å². The quantitative estimate of drug-likeness (QED) is 0.832. The van der Waals surface area contributed by atoms with E-state index in [9.17, 15) is 0 Å². The number of methoxy groups -OCH3 is 1. The third-order valence-corrected chi connectivity index (χ3v) is 3.06. The minimum atomic E-state index is -0.0396. The minimum Gasteiger partial charge on any atom is -0.496 e. The van der Waals surface area contributed by atoms with Crippen LogP contribution in [0, 0.1) is 17.2 Å². The van der Waals surface area contributed by atoms with Gasteiger partial charge in [0, 0.05) is 0 Å².